The van der Waals surface area contributed by atoms with Gasteiger partial charge in [-0.25, -0.2) is 4.79 Å². The van der Waals surface area contributed by atoms with Crippen LogP contribution in [0.25, 0.3) is 11.0 Å². The monoisotopic (exact) mass is 479 g/mol. The van der Waals surface area contributed by atoms with Crippen molar-refractivity contribution in [1.82, 2.24) is 5.32 Å². The molecule has 0 unspecified atom stereocenters. The standard InChI is InChI=1S/C28H33NO6/c1-18(2)17-29-26(31)23-15-19-8-11-22(16-24(19)35-27(23)32)34-25(30)7-6-14-33-21-12-9-20(10-13-21)28(3,4)5/h8-13,15-16,18H,6-7,14,17H2,1-5H3,(H,29,31). The second-order valence-corrected chi connectivity index (χ2v) is 9.95. The van der Waals surface area contributed by atoms with Crippen LogP contribution in [0.2, 0.25) is 0 Å². The first-order valence-electron chi connectivity index (χ1n) is 11.8. The summed E-state index contributed by atoms with van der Waals surface area (Å²) in [4.78, 5) is 36.7. The van der Waals surface area contributed by atoms with Crippen LogP contribution in [-0.4, -0.2) is 25.0 Å². The Kier molecular flexibility index (Phi) is 8.33. The molecule has 0 aliphatic rings. The fraction of sp³-hybridized carbons (Fsp3) is 0.393. The lowest BCUT2D eigenvalue weighted by Gasteiger charge is -2.19. The molecule has 1 heterocycles. The molecule has 1 amide bonds. The number of ether oxygens (including phenoxy) is 2. The zero-order valence-electron chi connectivity index (χ0n) is 21.0. The van der Waals surface area contributed by atoms with Crippen LogP contribution in [-0.2, 0) is 10.2 Å². The first-order chi connectivity index (χ1) is 16.5. The Balaban J connectivity index is 1.52. The first-order valence-corrected chi connectivity index (χ1v) is 11.8. The molecular formula is C28H33NO6. The van der Waals surface area contributed by atoms with E-state index in [1.807, 2.05) is 38.1 Å². The Bertz CT molecular complexity index is 1240. The number of carbonyl (C=O) groups excluding carboxylic acids is 2. The SMILES string of the molecule is CC(C)CNC(=O)c1cc2ccc(OC(=O)CCCOc3ccc(C(C)(C)C)cc3)cc2oc1=O. The number of amides is 1. The molecule has 0 saturated carbocycles. The van der Waals surface area contributed by atoms with Gasteiger partial charge in [-0.05, 0) is 53.6 Å². The Morgan fingerprint density at radius 3 is 2.34 bits per heavy atom. The number of fused-ring (bicyclic) bond motifs is 1. The van der Waals surface area contributed by atoms with Gasteiger partial charge in [-0.1, -0.05) is 46.8 Å². The number of hydrogen-bond acceptors (Lipinski definition) is 6. The minimum absolute atomic E-state index is 0.0593. The summed E-state index contributed by atoms with van der Waals surface area (Å²) in [5.41, 5.74) is 0.747. The van der Waals surface area contributed by atoms with Crippen molar-refractivity contribution in [3.05, 3.63) is 70.1 Å². The Morgan fingerprint density at radius 2 is 1.69 bits per heavy atom. The van der Waals surface area contributed by atoms with E-state index < -0.39 is 17.5 Å². The van der Waals surface area contributed by atoms with Crippen molar-refractivity contribution < 1.29 is 23.5 Å². The molecule has 3 rings (SSSR count). The lowest BCUT2D eigenvalue weighted by molar-refractivity contribution is -0.134. The van der Waals surface area contributed by atoms with Gasteiger partial charge in [-0.3, -0.25) is 9.59 Å². The molecule has 1 N–H and O–H groups in total. The van der Waals surface area contributed by atoms with E-state index in [0.29, 0.717) is 25.0 Å². The van der Waals surface area contributed by atoms with Crippen molar-refractivity contribution in [3.8, 4) is 11.5 Å². The summed E-state index contributed by atoms with van der Waals surface area (Å²) in [6.45, 7) is 11.2. The van der Waals surface area contributed by atoms with Gasteiger partial charge in [0.05, 0.1) is 6.61 Å². The van der Waals surface area contributed by atoms with Crippen LogP contribution >= 0.6 is 0 Å². The second kappa shape index (κ2) is 11.2. The molecule has 0 fully saturated rings. The minimum Gasteiger partial charge on any atom is -0.494 e. The second-order valence-electron chi connectivity index (χ2n) is 9.95. The average molecular weight is 480 g/mol. The van der Waals surface area contributed by atoms with Crippen molar-refractivity contribution in [2.75, 3.05) is 13.2 Å². The van der Waals surface area contributed by atoms with Gasteiger partial charge in [0, 0.05) is 24.4 Å². The largest absolute Gasteiger partial charge is 0.494 e. The molecule has 2 aromatic carbocycles. The van der Waals surface area contributed by atoms with E-state index >= 15 is 0 Å². The number of rotatable bonds is 9. The van der Waals surface area contributed by atoms with Crippen LogP contribution in [0.15, 0.2) is 57.7 Å². The van der Waals surface area contributed by atoms with Crippen LogP contribution in [0.1, 0.15) is 63.4 Å². The number of hydrogen-bond donors (Lipinski definition) is 1. The molecule has 0 saturated heterocycles. The van der Waals surface area contributed by atoms with Crippen LogP contribution < -0.4 is 20.4 Å². The molecule has 0 spiro atoms. The van der Waals surface area contributed by atoms with Crippen LogP contribution in [0.4, 0.5) is 0 Å². The van der Waals surface area contributed by atoms with Gasteiger partial charge >= 0.3 is 11.6 Å². The predicted molar refractivity (Wildman–Crippen MR) is 135 cm³/mol. The summed E-state index contributed by atoms with van der Waals surface area (Å²) in [7, 11) is 0. The van der Waals surface area contributed by atoms with E-state index in [1.165, 1.54) is 17.7 Å². The van der Waals surface area contributed by atoms with E-state index in [-0.39, 0.29) is 34.6 Å². The zero-order chi connectivity index (χ0) is 25.6. The quantitative estimate of drug-likeness (QED) is 0.195. The average Bonchev–Trinajstić information content (AvgIpc) is 2.79. The lowest BCUT2D eigenvalue weighted by Crippen LogP contribution is -2.31. The maximum atomic E-state index is 12.3. The van der Waals surface area contributed by atoms with Crippen LogP contribution in [0, 0.1) is 5.92 Å². The summed E-state index contributed by atoms with van der Waals surface area (Å²) in [6.07, 6.45) is 0.675. The topological polar surface area (TPSA) is 94.8 Å². The molecule has 0 atom stereocenters. The van der Waals surface area contributed by atoms with Crippen molar-refractivity contribution in [2.45, 2.75) is 52.9 Å². The maximum Gasteiger partial charge on any atom is 0.349 e. The number of benzene rings is 2. The Labute approximate surface area is 205 Å². The predicted octanol–water partition coefficient (Wildman–Crippen LogP) is 5.24. The summed E-state index contributed by atoms with van der Waals surface area (Å²) in [5.74, 6) is 0.394. The van der Waals surface area contributed by atoms with E-state index in [2.05, 4.69) is 26.1 Å². The van der Waals surface area contributed by atoms with E-state index in [9.17, 15) is 14.4 Å². The summed E-state index contributed by atoms with van der Waals surface area (Å²) >= 11 is 0. The van der Waals surface area contributed by atoms with Crippen molar-refractivity contribution in [3.63, 3.8) is 0 Å². The Hall–Kier alpha value is -3.61. The molecule has 0 aliphatic carbocycles. The van der Waals surface area contributed by atoms with E-state index in [1.54, 1.807) is 12.1 Å². The van der Waals surface area contributed by atoms with Gasteiger partial charge < -0.3 is 19.2 Å². The molecule has 35 heavy (non-hydrogen) atoms. The molecule has 0 aliphatic heterocycles. The molecule has 0 bridgehead atoms. The highest BCUT2D eigenvalue weighted by molar-refractivity contribution is 5.96. The summed E-state index contributed by atoms with van der Waals surface area (Å²) < 4.78 is 16.4. The lowest BCUT2D eigenvalue weighted by atomic mass is 9.87. The molecule has 7 nitrogen and oxygen atoms in total. The highest BCUT2D eigenvalue weighted by atomic mass is 16.5. The number of nitrogens with one attached hydrogen (secondary N) is 1. The molecule has 3 aromatic rings. The molecule has 186 valence electrons. The van der Waals surface area contributed by atoms with E-state index in [0.717, 1.165) is 5.75 Å². The third kappa shape index (κ3) is 7.44. The van der Waals surface area contributed by atoms with Gasteiger partial charge in [-0.15, -0.1) is 0 Å². The number of esters is 1. The zero-order valence-corrected chi connectivity index (χ0v) is 21.0. The summed E-state index contributed by atoms with van der Waals surface area (Å²) in [6, 6.07) is 14.1. The maximum absolute atomic E-state index is 12.3. The van der Waals surface area contributed by atoms with Crippen molar-refractivity contribution in [2.24, 2.45) is 5.92 Å². The van der Waals surface area contributed by atoms with Gasteiger partial charge in [0.1, 0.15) is 22.6 Å². The first kappa shape index (κ1) is 26.0. The summed E-state index contributed by atoms with van der Waals surface area (Å²) in [5, 5.41) is 3.27. The fourth-order valence-electron chi connectivity index (χ4n) is 3.35. The highest BCUT2D eigenvalue weighted by Gasteiger charge is 2.15. The van der Waals surface area contributed by atoms with Crippen LogP contribution in [0.5, 0.6) is 11.5 Å². The van der Waals surface area contributed by atoms with Gasteiger partial charge in [0.2, 0.25) is 0 Å². The fourth-order valence-corrected chi connectivity index (χ4v) is 3.35. The molecule has 1 aromatic heterocycles. The molecular weight excluding hydrogens is 446 g/mol. The van der Waals surface area contributed by atoms with Crippen LogP contribution in [0.3, 0.4) is 0 Å². The minimum atomic E-state index is -0.741. The van der Waals surface area contributed by atoms with Crippen molar-refractivity contribution >= 4 is 22.8 Å². The third-order valence-electron chi connectivity index (χ3n) is 5.37. The normalized spacial score (nSPS) is 11.5. The van der Waals surface area contributed by atoms with Gasteiger partial charge in [0.15, 0.2) is 0 Å². The smallest absolute Gasteiger partial charge is 0.349 e. The highest BCUT2D eigenvalue weighted by Crippen LogP contribution is 2.24. The van der Waals surface area contributed by atoms with Gasteiger partial charge in [-0.2, -0.15) is 0 Å². The molecule has 0 radical (unpaired) electrons. The number of carbonyl (C=O) groups is 2. The van der Waals surface area contributed by atoms with Crippen molar-refractivity contribution in [1.29, 1.82) is 0 Å². The molecule has 7 heteroatoms. The van der Waals surface area contributed by atoms with Gasteiger partial charge in [0.25, 0.3) is 5.91 Å². The third-order valence-corrected chi connectivity index (χ3v) is 5.37. The van der Waals surface area contributed by atoms with E-state index in [4.69, 9.17) is 13.9 Å². The Morgan fingerprint density at radius 1 is 1.00 bits per heavy atom.